The van der Waals surface area contributed by atoms with E-state index < -0.39 is 9.84 Å². The number of pyridine rings is 1. The molecule has 0 unspecified atom stereocenters. The zero-order valence-electron chi connectivity index (χ0n) is 10.8. The van der Waals surface area contributed by atoms with E-state index in [4.69, 9.17) is 0 Å². The molecule has 0 fully saturated rings. The summed E-state index contributed by atoms with van der Waals surface area (Å²) in [7, 11) is -3.17. The third-order valence-corrected chi connectivity index (χ3v) is 3.97. The summed E-state index contributed by atoms with van der Waals surface area (Å²) in [6.45, 7) is 4.29. The first kappa shape index (κ1) is 13.0. The summed E-state index contributed by atoms with van der Waals surface area (Å²) in [6, 6.07) is 7.09. The van der Waals surface area contributed by atoms with Crippen molar-refractivity contribution in [1.82, 2.24) is 4.98 Å². The molecule has 0 aliphatic rings. The van der Waals surface area contributed by atoms with Gasteiger partial charge in [0.2, 0.25) is 0 Å². The molecule has 0 bridgehead atoms. The Kier molecular flexibility index (Phi) is 3.39. The van der Waals surface area contributed by atoms with Crippen molar-refractivity contribution in [3.63, 3.8) is 0 Å². The van der Waals surface area contributed by atoms with Gasteiger partial charge in [-0.05, 0) is 42.2 Å². The van der Waals surface area contributed by atoms with Crippen LogP contribution in [0.2, 0.25) is 0 Å². The summed E-state index contributed by atoms with van der Waals surface area (Å²) in [5.41, 5.74) is 2.00. The Morgan fingerprint density at radius 3 is 2.56 bits per heavy atom. The van der Waals surface area contributed by atoms with Gasteiger partial charge in [-0.15, -0.1) is 0 Å². The highest BCUT2D eigenvalue weighted by molar-refractivity contribution is 7.90. The molecule has 18 heavy (non-hydrogen) atoms. The number of hydrogen-bond donors (Lipinski definition) is 0. The zero-order valence-corrected chi connectivity index (χ0v) is 11.7. The molecule has 0 N–H and O–H groups in total. The summed E-state index contributed by atoms with van der Waals surface area (Å²) in [5.74, 6) is 0.525. The minimum absolute atomic E-state index is 0.355. The Morgan fingerprint density at radius 2 is 1.94 bits per heavy atom. The van der Waals surface area contributed by atoms with E-state index in [1.807, 2.05) is 6.07 Å². The number of hydrogen-bond acceptors (Lipinski definition) is 3. The van der Waals surface area contributed by atoms with Crippen molar-refractivity contribution in [1.29, 1.82) is 0 Å². The molecule has 0 radical (unpaired) electrons. The van der Waals surface area contributed by atoms with Crippen molar-refractivity contribution in [2.45, 2.75) is 25.2 Å². The number of rotatable bonds is 3. The fourth-order valence-electron chi connectivity index (χ4n) is 2.03. The molecule has 96 valence electrons. The minimum Gasteiger partial charge on any atom is -0.256 e. The normalized spacial score (nSPS) is 12.2. The van der Waals surface area contributed by atoms with Crippen molar-refractivity contribution in [3.05, 3.63) is 36.0 Å². The van der Waals surface area contributed by atoms with Crippen LogP contribution in [0.3, 0.4) is 0 Å². The van der Waals surface area contributed by atoms with Gasteiger partial charge in [-0.3, -0.25) is 4.98 Å². The molecule has 1 aromatic carbocycles. The van der Waals surface area contributed by atoms with Crippen LogP contribution in [-0.2, 0) is 16.3 Å². The van der Waals surface area contributed by atoms with E-state index in [1.165, 1.54) is 6.26 Å². The van der Waals surface area contributed by atoms with Crippen molar-refractivity contribution in [2.75, 3.05) is 6.26 Å². The fraction of sp³-hybridized carbons (Fsp3) is 0.357. The van der Waals surface area contributed by atoms with Gasteiger partial charge < -0.3 is 0 Å². The molecule has 0 saturated heterocycles. The van der Waals surface area contributed by atoms with Crippen LogP contribution in [0.25, 0.3) is 10.9 Å². The number of aromatic nitrogens is 1. The lowest BCUT2D eigenvalue weighted by molar-refractivity contribution is 0.602. The number of sulfone groups is 1. The molecule has 2 rings (SSSR count). The van der Waals surface area contributed by atoms with E-state index in [0.29, 0.717) is 10.8 Å². The SMILES string of the molecule is CC(C)Cc1ccnc2ccc(S(C)(=O)=O)cc12. The molecule has 1 heterocycles. The molecular formula is C14H17NO2S. The van der Waals surface area contributed by atoms with Gasteiger partial charge in [0.05, 0.1) is 10.4 Å². The topological polar surface area (TPSA) is 47.0 Å². The average molecular weight is 263 g/mol. The molecule has 3 nitrogen and oxygen atoms in total. The Labute approximate surface area is 108 Å². The van der Waals surface area contributed by atoms with Crippen molar-refractivity contribution >= 4 is 20.7 Å². The van der Waals surface area contributed by atoms with Gasteiger partial charge in [0.15, 0.2) is 9.84 Å². The summed E-state index contributed by atoms with van der Waals surface area (Å²) in [6.07, 6.45) is 3.93. The van der Waals surface area contributed by atoms with E-state index in [0.717, 1.165) is 22.9 Å². The van der Waals surface area contributed by atoms with Gasteiger partial charge >= 0.3 is 0 Å². The highest BCUT2D eigenvalue weighted by Crippen LogP contribution is 2.23. The summed E-state index contributed by atoms with van der Waals surface area (Å²) in [4.78, 5) is 4.63. The van der Waals surface area contributed by atoms with Crippen LogP contribution >= 0.6 is 0 Å². The van der Waals surface area contributed by atoms with E-state index in [-0.39, 0.29) is 0 Å². The first-order valence-electron chi connectivity index (χ1n) is 5.95. The first-order chi connectivity index (χ1) is 8.38. The molecule has 0 saturated carbocycles. The summed E-state index contributed by atoms with van der Waals surface area (Å²) >= 11 is 0. The molecule has 0 amide bonds. The average Bonchev–Trinajstić information content (AvgIpc) is 2.27. The highest BCUT2D eigenvalue weighted by Gasteiger charge is 2.10. The Bertz CT molecular complexity index is 675. The molecular weight excluding hydrogens is 246 g/mol. The van der Waals surface area contributed by atoms with Gasteiger partial charge in [0.1, 0.15) is 0 Å². The Hall–Kier alpha value is -1.42. The summed E-state index contributed by atoms with van der Waals surface area (Å²) < 4.78 is 23.2. The van der Waals surface area contributed by atoms with Crippen LogP contribution in [0, 0.1) is 5.92 Å². The Morgan fingerprint density at radius 1 is 1.22 bits per heavy atom. The second-order valence-corrected chi connectivity index (χ2v) is 7.03. The molecule has 0 aliphatic heterocycles. The van der Waals surface area contributed by atoms with Crippen molar-refractivity contribution < 1.29 is 8.42 Å². The maximum atomic E-state index is 11.6. The van der Waals surface area contributed by atoms with Crippen LogP contribution < -0.4 is 0 Å². The maximum Gasteiger partial charge on any atom is 0.175 e. The van der Waals surface area contributed by atoms with Gasteiger partial charge in [-0.25, -0.2) is 8.42 Å². The lowest BCUT2D eigenvalue weighted by atomic mass is 10.00. The predicted molar refractivity (Wildman–Crippen MR) is 73.4 cm³/mol. The van der Waals surface area contributed by atoms with E-state index in [2.05, 4.69) is 18.8 Å². The van der Waals surface area contributed by atoms with Crippen molar-refractivity contribution in [2.24, 2.45) is 5.92 Å². The van der Waals surface area contributed by atoms with Crippen LogP contribution in [0.4, 0.5) is 0 Å². The summed E-state index contributed by atoms with van der Waals surface area (Å²) in [5, 5.41) is 0.939. The quantitative estimate of drug-likeness (QED) is 0.855. The number of fused-ring (bicyclic) bond motifs is 1. The number of nitrogens with zero attached hydrogens (tertiary/aromatic N) is 1. The lowest BCUT2D eigenvalue weighted by Gasteiger charge is -2.09. The molecule has 1 aromatic heterocycles. The van der Waals surface area contributed by atoms with Crippen LogP contribution in [0.5, 0.6) is 0 Å². The van der Waals surface area contributed by atoms with Gasteiger partial charge in [0.25, 0.3) is 0 Å². The second kappa shape index (κ2) is 4.69. The smallest absolute Gasteiger partial charge is 0.175 e. The van der Waals surface area contributed by atoms with Crippen LogP contribution in [0.1, 0.15) is 19.4 Å². The Balaban J connectivity index is 2.66. The molecule has 0 atom stereocenters. The van der Waals surface area contributed by atoms with Gasteiger partial charge in [0, 0.05) is 17.8 Å². The van der Waals surface area contributed by atoms with Gasteiger partial charge in [-0.1, -0.05) is 13.8 Å². The first-order valence-corrected chi connectivity index (χ1v) is 7.85. The van der Waals surface area contributed by atoms with E-state index in [9.17, 15) is 8.42 Å². The van der Waals surface area contributed by atoms with Crippen LogP contribution in [-0.4, -0.2) is 19.7 Å². The number of benzene rings is 1. The van der Waals surface area contributed by atoms with Gasteiger partial charge in [-0.2, -0.15) is 0 Å². The third-order valence-electron chi connectivity index (χ3n) is 2.86. The predicted octanol–water partition coefficient (Wildman–Crippen LogP) is 2.84. The highest BCUT2D eigenvalue weighted by atomic mass is 32.2. The minimum atomic E-state index is -3.17. The van der Waals surface area contributed by atoms with E-state index >= 15 is 0 Å². The maximum absolute atomic E-state index is 11.6. The zero-order chi connectivity index (χ0) is 13.3. The molecule has 4 heteroatoms. The van der Waals surface area contributed by atoms with E-state index in [1.54, 1.807) is 24.4 Å². The third kappa shape index (κ3) is 2.70. The van der Waals surface area contributed by atoms with Crippen molar-refractivity contribution in [3.8, 4) is 0 Å². The lowest BCUT2D eigenvalue weighted by Crippen LogP contribution is -1.99. The molecule has 0 spiro atoms. The monoisotopic (exact) mass is 263 g/mol. The largest absolute Gasteiger partial charge is 0.256 e. The van der Waals surface area contributed by atoms with Crippen LogP contribution in [0.15, 0.2) is 35.4 Å². The second-order valence-electron chi connectivity index (χ2n) is 5.02. The molecule has 0 aliphatic carbocycles. The fourth-order valence-corrected chi connectivity index (χ4v) is 2.68. The molecule has 2 aromatic rings. The standard InChI is InChI=1S/C14H17NO2S/c1-10(2)8-11-6-7-15-14-5-4-12(9-13(11)14)18(3,16)17/h4-7,9-10H,8H2,1-3H3.